The lowest BCUT2D eigenvalue weighted by molar-refractivity contribution is -0.144. The van der Waals surface area contributed by atoms with Crippen molar-refractivity contribution in [2.75, 3.05) is 18.2 Å². The van der Waals surface area contributed by atoms with E-state index in [1.807, 2.05) is 0 Å². The van der Waals surface area contributed by atoms with Crippen LogP contribution in [0.3, 0.4) is 0 Å². The Morgan fingerprint density at radius 3 is 2.58 bits per heavy atom. The van der Waals surface area contributed by atoms with Crippen molar-refractivity contribution in [2.45, 2.75) is 24.4 Å². The third-order valence-corrected chi connectivity index (χ3v) is 3.72. The van der Waals surface area contributed by atoms with Crippen molar-refractivity contribution >= 4 is 29.2 Å². The lowest BCUT2D eigenvalue weighted by atomic mass is 10.2. The van der Waals surface area contributed by atoms with Crippen LogP contribution in [0.4, 0.5) is 19.0 Å². The predicted octanol–water partition coefficient (Wildman–Crippen LogP) is 2.67. The number of thioether (sulfide) groups is 1. The van der Waals surface area contributed by atoms with Crippen molar-refractivity contribution in [3.8, 4) is 0 Å². The molecule has 0 saturated heterocycles. The first kappa shape index (κ1) is 16.3. The Kier molecular flexibility index (Phi) is 5.69. The zero-order valence-corrected chi connectivity index (χ0v) is 11.8. The second-order valence-corrected chi connectivity index (χ2v) is 5.25. The van der Waals surface area contributed by atoms with Crippen LogP contribution in [0.25, 0.3) is 0 Å². The Morgan fingerprint density at radius 1 is 1.47 bits per heavy atom. The van der Waals surface area contributed by atoms with E-state index in [-0.39, 0.29) is 28.9 Å². The minimum absolute atomic E-state index is 0.0210. The lowest BCUT2D eigenvalue weighted by Crippen LogP contribution is -2.31. The van der Waals surface area contributed by atoms with Gasteiger partial charge in [0.25, 0.3) is 0 Å². The Balaban J connectivity index is 2.93. The molecule has 0 amide bonds. The number of hydrogen-bond donors (Lipinski definition) is 2. The normalized spacial score (nSPS) is 15.1. The molecule has 108 valence electrons. The van der Waals surface area contributed by atoms with Crippen molar-refractivity contribution in [2.24, 2.45) is 0 Å². The molecule has 2 atom stereocenters. The highest BCUT2D eigenvalue weighted by molar-refractivity contribution is 7.99. The SMILES string of the molecule is CSC(CO)C(C)Nc1cc(Cl)nc(C(F)(F)F)n1. The molecule has 1 aromatic heterocycles. The first-order valence-corrected chi connectivity index (χ1v) is 6.96. The van der Waals surface area contributed by atoms with Crippen LogP contribution in [0.2, 0.25) is 5.15 Å². The molecule has 0 aromatic carbocycles. The highest BCUT2D eigenvalue weighted by Gasteiger charge is 2.35. The van der Waals surface area contributed by atoms with Gasteiger partial charge in [-0.05, 0) is 13.2 Å². The van der Waals surface area contributed by atoms with Gasteiger partial charge in [-0.3, -0.25) is 0 Å². The van der Waals surface area contributed by atoms with Crippen LogP contribution in [0.1, 0.15) is 12.7 Å². The van der Waals surface area contributed by atoms with Crippen LogP contribution in [0.5, 0.6) is 0 Å². The van der Waals surface area contributed by atoms with Crippen molar-refractivity contribution in [1.29, 1.82) is 0 Å². The fraction of sp³-hybridized carbons (Fsp3) is 0.600. The Labute approximate surface area is 117 Å². The minimum Gasteiger partial charge on any atom is -0.395 e. The van der Waals surface area contributed by atoms with E-state index in [1.165, 1.54) is 17.8 Å². The zero-order chi connectivity index (χ0) is 14.6. The van der Waals surface area contributed by atoms with E-state index in [0.717, 1.165) is 0 Å². The average molecular weight is 316 g/mol. The molecule has 2 unspecified atom stereocenters. The maximum Gasteiger partial charge on any atom is 0.451 e. The number of rotatable bonds is 5. The van der Waals surface area contributed by atoms with Gasteiger partial charge in [0.05, 0.1) is 6.61 Å². The van der Waals surface area contributed by atoms with Gasteiger partial charge in [0, 0.05) is 17.4 Å². The van der Waals surface area contributed by atoms with Gasteiger partial charge in [0.15, 0.2) is 0 Å². The number of nitrogens with one attached hydrogen (secondary N) is 1. The maximum atomic E-state index is 12.5. The third-order valence-electron chi connectivity index (χ3n) is 2.36. The van der Waals surface area contributed by atoms with E-state index in [0.29, 0.717) is 0 Å². The van der Waals surface area contributed by atoms with E-state index in [9.17, 15) is 13.2 Å². The molecule has 0 radical (unpaired) electrons. The fourth-order valence-electron chi connectivity index (χ4n) is 1.38. The topological polar surface area (TPSA) is 58.0 Å². The van der Waals surface area contributed by atoms with Crippen molar-refractivity contribution in [1.82, 2.24) is 9.97 Å². The number of nitrogens with zero attached hydrogens (tertiary/aromatic N) is 2. The molecule has 1 aromatic rings. The molecular formula is C10H13ClF3N3OS. The van der Waals surface area contributed by atoms with E-state index in [4.69, 9.17) is 16.7 Å². The van der Waals surface area contributed by atoms with Crippen molar-refractivity contribution in [3.05, 3.63) is 17.0 Å². The molecule has 19 heavy (non-hydrogen) atoms. The number of halogens is 4. The van der Waals surface area contributed by atoms with Crippen LogP contribution < -0.4 is 5.32 Å². The summed E-state index contributed by atoms with van der Waals surface area (Å²) < 4.78 is 37.6. The van der Waals surface area contributed by atoms with Crippen molar-refractivity contribution < 1.29 is 18.3 Å². The molecule has 1 rings (SSSR count). The summed E-state index contributed by atoms with van der Waals surface area (Å²) in [5.74, 6) is -1.31. The summed E-state index contributed by atoms with van der Waals surface area (Å²) in [7, 11) is 0. The van der Waals surface area contributed by atoms with E-state index in [1.54, 1.807) is 13.2 Å². The molecular weight excluding hydrogens is 303 g/mol. The quantitative estimate of drug-likeness (QED) is 0.818. The molecule has 4 nitrogen and oxygen atoms in total. The standard InChI is InChI=1S/C10H13ClF3N3OS/c1-5(6(4-18)19-2)15-8-3-7(11)16-9(17-8)10(12,13)14/h3,5-6,18H,4H2,1-2H3,(H,15,16,17). The van der Waals surface area contributed by atoms with Crippen LogP contribution in [-0.2, 0) is 6.18 Å². The van der Waals surface area contributed by atoms with Gasteiger partial charge in [-0.2, -0.15) is 24.9 Å². The number of aromatic nitrogens is 2. The van der Waals surface area contributed by atoms with Crippen LogP contribution in [0.15, 0.2) is 6.07 Å². The summed E-state index contributed by atoms with van der Waals surface area (Å²) in [4.78, 5) is 6.51. The third kappa shape index (κ3) is 4.70. The molecule has 0 bridgehead atoms. The van der Waals surface area contributed by atoms with Gasteiger partial charge in [0.2, 0.25) is 5.82 Å². The van der Waals surface area contributed by atoms with Crippen LogP contribution in [-0.4, -0.2) is 39.2 Å². The number of aliphatic hydroxyl groups is 1. The van der Waals surface area contributed by atoms with Crippen LogP contribution in [0, 0.1) is 0 Å². The summed E-state index contributed by atoms with van der Waals surface area (Å²) in [6, 6.07) is 0.939. The molecule has 1 heterocycles. The molecule has 0 spiro atoms. The van der Waals surface area contributed by atoms with E-state index in [2.05, 4.69) is 15.3 Å². The minimum atomic E-state index is -4.65. The lowest BCUT2D eigenvalue weighted by Gasteiger charge is -2.22. The maximum absolute atomic E-state index is 12.5. The second-order valence-electron chi connectivity index (χ2n) is 3.79. The van der Waals surface area contributed by atoms with Gasteiger partial charge in [-0.25, -0.2) is 9.97 Å². The van der Waals surface area contributed by atoms with Gasteiger partial charge >= 0.3 is 6.18 Å². The zero-order valence-electron chi connectivity index (χ0n) is 10.2. The highest BCUT2D eigenvalue weighted by Crippen LogP contribution is 2.28. The number of aliphatic hydroxyl groups excluding tert-OH is 1. The van der Waals surface area contributed by atoms with E-state index >= 15 is 0 Å². The van der Waals surface area contributed by atoms with Gasteiger partial charge in [-0.1, -0.05) is 11.6 Å². The highest BCUT2D eigenvalue weighted by atomic mass is 35.5. The smallest absolute Gasteiger partial charge is 0.395 e. The van der Waals surface area contributed by atoms with Gasteiger partial charge < -0.3 is 10.4 Å². The molecule has 2 N–H and O–H groups in total. The fourth-order valence-corrected chi connectivity index (χ4v) is 2.19. The number of anilines is 1. The molecule has 0 fully saturated rings. The first-order valence-electron chi connectivity index (χ1n) is 5.30. The largest absolute Gasteiger partial charge is 0.451 e. The summed E-state index contributed by atoms with van der Waals surface area (Å²) >= 11 is 6.94. The number of alkyl halides is 3. The molecule has 0 aliphatic carbocycles. The summed E-state index contributed by atoms with van der Waals surface area (Å²) in [5.41, 5.74) is 0. The predicted molar refractivity (Wildman–Crippen MR) is 69.5 cm³/mol. The monoisotopic (exact) mass is 315 g/mol. The summed E-state index contributed by atoms with van der Waals surface area (Å²) in [6.07, 6.45) is -2.85. The Hall–Kier alpha value is -0.730. The summed E-state index contributed by atoms with van der Waals surface area (Å²) in [5, 5.41) is 11.4. The average Bonchev–Trinajstić information content (AvgIpc) is 2.28. The van der Waals surface area contributed by atoms with Gasteiger partial charge in [-0.15, -0.1) is 0 Å². The van der Waals surface area contributed by atoms with Crippen LogP contribution >= 0.6 is 23.4 Å². The Bertz CT molecular complexity index is 429. The molecule has 0 aliphatic heterocycles. The van der Waals surface area contributed by atoms with E-state index < -0.39 is 12.0 Å². The van der Waals surface area contributed by atoms with Gasteiger partial charge in [0.1, 0.15) is 11.0 Å². The molecule has 0 aliphatic rings. The Morgan fingerprint density at radius 2 is 2.11 bits per heavy atom. The first-order chi connectivity index (χ1) is 8.77. The molecule has 0 saturated carbocycles. The number of hydrogen-bond acceptors (Lipinski definition) is 5. The molecule has 9 heteroatoms. The van der Waals surface area contributed by atoms with Crippen molar-refractivity contribution in [3.63, 3.8) is 0 Å². The summed E-state index contributed by atoms with van der Waals surface area (Å²) in [6.45, 7) is 1.64. The second kappa shape index (κ2) is 6.62.